The molecule has 210 valence electrons. The zero-order valence-electron chi connectivity index (χ0n) is 20.6. The molecular weight excluding hydrogens is 547 g/mol. The second kappa shape index (κ2) is 9.26. The lowest BCUT2D eigenvalue weighted by Gasteiger charge is -2.46. The maximum Gasteiger partial charge on any atom is 0.419 e. The van der Waals surface area contributed by atoms with Gasteiger partial charge in [0.2, 0.25) is 5.91 Å². The molecule has 0 spiro atoms. The molecule has 2 saturated carbocycles. The first-order valence-electron chi connectivity index (χ1n) is 12.3. The average Bonchev–Trinajstić information content (AvgIpc) is 3.50. The molecule has 2 aromatic carbocycles. The largest absolute Gasteiger partial charge is 0.419 e. The molecule has 1 heterocycles. The van der Waals surface area contributed by atoms with Crippen molar-refractivity contribution >= 4 is 21.7 Å². The van der Waals surface area contributed by atoms with E-state index in [-0.39, 0.29) is 53.4 Å². The van der Waals surface area contributed by atoms with E-state index in [2.05, 4.69) is 5.32 Å². The van der Waals surface area contributed by atoms with Crippen LogP contribution in [0.15, 0.2) is 41.3 Å². The smallest absolute Gasteiger partial charge is 0.393 e. The van der Waals surface area contributed by atoms with Gasteiger partial charge in [-0.25, -0.2) is 17.2 Å². The number of nitrogens with zero attached hydrogens (tertiary/aromatic N) is 1. The van der Waals surface area contributed by atoms with Crippen LogP contribution in [0.3, 0.4) is 0 Å². The van der Waals surface area contributed by atoms with Gasteiger partial charge in [-0.3, -0.25) is 9.59 Å². The summed E-state index contributed by atoms with van der Waals surface area (Å²) in [5.41, 5.74) is -3.35. The lowest BCUT2D eigenvalue weighted by molar-refractivity contribution is -0.140. The molecule has 3 atom stereocenters. The van der Waals surface area contributed by atoms with Crippen molar-refractivity contribution in [1.29, 1.82) is 0 Å². The number of halogens is 5. The number of nitrogens with one attached hydrogen (secondary N) is 1. The summed E-state index contributed by atoms with van der Waals surface area (Å²) in [5.74, 6) is -3.97. The van der Waals surface area contributed by atoms with Gasteiger partial charge in [-0.15, -0.1) is 0 Å². The Kier molecular flexibility index (Phi) is 6.53. The highest BCUT2D eigenvalue weighted by Crippen LogP contribution is 2.49. The van der Waals surface area contributed by atoms with Crippen molar-refractivity contribution < 1.29 is 45.1 Å². The standard InChI is InChI=1S/C26H25F5N2O5S/c1-39(37,38)16-4-2-3-13(5-16)24(36)33-21-6-14(21)7-22(33)23(35)32-12-25(10-15(34)11-25)17-8-20(28)18(9-19(17)27)26(29,30)31/h2-5,8-9,14-15,21-22,34H,6-7,10-12H2,1H3,(H,32,35)/t14-,15?,21-,22-,25?/m1/s1. The van der Waals surface area contributed by atoms with Gasteiger partial charge >= 0.3 is 6.18 Å². The van der Waals surface area contributed by atoms with Crippen molar-refractivity contribution in [3.63, 3.8) is 0 Å². The molecule has 5 rings (SSSR count). The summed E-state index contributed by atoms with van der Waals surface area (Å²) in [6.07, 6.45) is -4.16. The Morgan fingerprint density at radius 3 is 2.41 bits per heavy atom. The predicted molar refractivity (Wildman–Crippen MR) is 127 cm³/mol. The molecule has 1 saturated heterocycles. The Morgan fingerprint density at radius 1 is 1.10 bits per heavy atom. The van der Waals surface area contributed by atoms with Crippen molar-refractivity contribution in [3.05, 3.63) is 64.7 Å². The minimum atomic E-state index is -5.09. The number of amides is 2. The van der Waals surface area contributed by atoms with E-state index < -0.39 is 62.6 Å². The van der Waals surface area contributed by atoms with Crippen LogP contribution in [0.1, 0.15) is 47.2 Å². The van der Waals surface area contributed by atoms with Gasteiger partial charge in [0.05, 0.1) is 16.6 Å². The highest BCUT2D eigenvalue weighted by Gasteiger charge is 2.56. The summed E-state index contributed by atoms with van der Waals surface area (Å²) in [5, 5.41) is 12.6. The maximum absolute atomic E-state index is 14.8. The zero-order chi connectivity index (χ0) is 28.5. The minimum absolute atomic E-state index is 0.0443. The van der Waals surface area contributed by atoms with E-state index in [9.17, 15) is 45.1 Å². The first-order valence-corrected chi connectivity index (χ1v) is 14.2. The van der Waals surface area contributed by atoms with Crippen LogP contribution in [0, 0.1) is 17.6 Å². The van der Waals surface area contributed by atoms with Crippen LogP contribution in [0.5, 0.6) is 0 Å². The molecule has 0 aromatic heterocycles. The number of hydrogen-bond donors (Lipinski definition) is 2. The number of rotatable bonds is 6. The maximum atomic E-state index is 14.8. The van der Waals surface area contributed by atoms with Crippen LogP contribution < -0.4 is 5.32 Å². The lowest BCUT2D eigenvalue weighted by atomic mass is 9.62. The predicted octanol–water partition coefficient (Wildman–Crippen LogP) is 3.20. The molecule has 39 heavy (non-hydrogen) atoms. The van der Waals surface area contributed by atoms with Crippen molar-refractivity contribution in [3.8, 4) is 0 Å². The number of hydrogen-bond acceptors (Lipinski definition) is 5. The van der Waals surface area contributed by atoms with Gasteiger partial charge in [-0.2, -0.15) is 13.2 Å². The van der Waals surface area contributed by atoms with E-state index in [1.807, 2.05) is 0 Å². The number of likely N-dealkylation sites (tertiary alicyclic amines) is 1. The monoisotopic (exact) mass is 572 g/mol. The third-order valence-corrected chi connectivity index (χ3v) is 9.05. The molecule has 0 unspecified atom stereocenters. The average molecular weight is 573 g/mol. The Bertz CT molecular complexity index is 1460. The molecule has 13 heteroatoms. The van der Waals surface area contributed by atoms with Gasteiger partial charge in [0, 0.05) is 29.8 Å². The third kappa shape index (κ3) is 5.02. The minimum Gasteiger partial charge on any atom is -0.393 e. The van der Waals surface area contributed by atoms with Gasteiger partial charge in [-0.05, 0) is 67.5 Å². The summed E-state index contributed by atoms with van der Waals surface area (Å²) in [4.78, 5) is 27.9. The first kappa shape index (κ1) is 27.5. The van der Waals surface area contributed by atoms with E-state index in [0.717, 1.165) is 6.26 Å². The van der Waals surface area contributed by atoms with Crippen LogP contribution in [0.4, 0.5) is 22.0 Å². The second-order valence-electron chi connectivity index (χ2n) is 10.7. The fraction of sp³-hybridized carbons (Fsp3) is 0.462. The molecule has 2 N–H and O–H groups in total. The van der Waals surface area contributed by atoms with Crippen LogP contribution in [-0.4, -0.2) is 61.2 Å². The normalized spacial score (nSPS) is 28.0. The molecular formula is C26H25F5N2O5S. The third-order valence-electron chi connectivity index (χ3n) is 7.94. The van der Waals surface area contributed by atoms with E-state index in [1.165, 1.54) is 29.2 Å². The fourth-order valence-electron chi connectivity index (χ4n) is 5.84. The highest BCUT2D eigenvalue weighted by molar-refractivity contribution is 7.90. The zero-order valence-corrected chi connectivity index (χ0v) is 21.5. The van der Waals surface area contributed by atoms with Crippen molar-refractivity contribution in [2.24, 2.45) is 5.92 Å². The highest BCUT2D eigenvalue weighted by atomic mass is 32.2. The van der Waals surface area contributed by atoms with Crippen LogP contribution in [0.25, 0.3) is 0 Å². The summed E-state index contributed by atoms with van der Waals surface area (Å²) in [7, 11) is -3.58. The molecule has 2 aromatic rings. The van der Waals surface area contributed by atoms with Crippen molar-refractivity contribution in [2.45, 2.75) is 60.4 Å². The van der Waals surface area contributed by atoms with Crippen LogP contribution >= 0.6 is 0 Å². The molecule has 3 fully saturated rings. The number of carbonyl (C=O) groups is 2. The quantitative estimate of drug-likeness (QED) is 0.518. The number of alkyl halides is 3. The Balaban J connectivity index is 1.35. The number of fused-ring (bicyclic) bond motifs is 1. The van der Waals surface area contributed by atoms with Gasteiger partial charge < -0.3 is 15.3 Å². The van der Waals surface area contributed by atoms with Gasteiger partial charge in [0.15, 0.2) is 9.84 Å². The van der Waals surface area contributed by atoms with Gasteiger partial charge in [0.1, 0.15) is 17.7 Å². The molecule has 0 bridgehead atoms. The fourth-order valence-corrected chi connectivity index (χ4v) is 6.50. The molecule has 7 nitrogen and oxygen atoms in total. The summed E-state index contributed by atoms with van der Waals surface area (Å²) in [6, 6.07) is 4.93. The Hall–Kier alpha value is -3.06. The Labute approximate surface area is 220 Å². The number of piperidine rings is 1. The molecule has 0 radical (unpaired) electrons. The van der Waals surface area contributed by atoms with E-state index in [0.29, 0.717) is 18.9 Å². The summed E-state index contributed by atoms with van der Waals surface area (Å²) < 4.78 is 92.0. The molecule has 2 aliphatic carbocycles. The van der Waals surface area contributed by atoms with E-state index >= 15 is 0 Å². The number of aliphatic hydroxyl groups is 1. The summed E-state index contributed by atoms with van der Waals surface area (Å²) in [6.45, 7) is -0.290. The number of benzene rings is 2. The number of aliphatic hydroxyl groups excluding tert-OH is 1. The van der Waals surface area contributed by atoms with E-state index in [1.54, 1.807) is 0 Å². The Morgan fingerprint density at radius 2 is 1.79 bits per heavy atom. The topological polar surface area (TPSA) is 104 Å². The van der Waals surface area contributed by atoms with Gasteiger partial charge in [0.25, 0.3) is 5.91 Å². The van der Waals surface area contributed by atoms with Crippen molar-refractivity contribution in [1.82, 2.24) is 10.2 Å². The van der Waals surface area contributed by atoms with Gasteiger partial charge in [-0.1, -0.05) is 6.07 Å². The molecule has 1 aliphatic heterocycles. The first-order chi connectivity index (χ1) is 18.1. The van der Waals surface area contributed by atoms with Crippen LogP contribution in [0.2, 0.25) is 0 Å². The van der Waals surface area contributed by atoms with Crippen molar-refractivity contribution in [2.75, 3.05) is 12.8 Å². The molecule has 2 amide bonds. The van der Waals surface area contributed by atoms with E-state index in [4.69, 9.17) is 0 Å². The second-order valence-corrected chi connectivity index (χ2v) is 12.7. The number of sulfone groups is 1. The molecule has 3 aliphatic rings. The SMILES string of the molecule is CS(=O)(=O)c1cccc(C(=O)N2[C@@H](C(=O)NCC3(c4cc(F)c(C(F)(F)F)cc4F)CC(O)C3)C[C@H]3C[C@H]32)c1. The van der Waals surface area contributed by atoms with Crippen LogP contribution in [-0.2, 0) is 26.2 Å². The summed E-state index contributed by atoms with van der Waals surface area (Å²) >= 11 is 0. The number of carbonyl (C=O) groups excluding carboxylic acids is 2. The lowest BCUT2D eigenvalue weighted by Crippen LogP contribution is -2.55.